The Balaban J connectivity index is 1.74. The van der Waals surface area contributed by atoms with Crippen molar-refractivity contribution in [1.82, 2.24) is 5.32 Å². The molecule has 0 unspecified atom stereocenters. The number of benzene rings is 2. The third kappa shape index (κ3) is 5.16. The van der Waals surface area contributed by atoms with Gasteiger partial charge >= 0.3 is 12.1 Å². The van der Waals surface area contributed by atoms with Crippen molar-refractivity contribution in [1.29, 1.82) is 0 Å². The zero-order valence-electron chi connectivity index (χ0n) is 16.0. The first-order valence-corrected chi connectivity index (χ1v) is 9.53. The number of hydrogen-bond donors (Lipinski definition) is 1. The number of carbonyl (C=O) groups is 2. The van der Waals surface area contributed by atoms with Crippen molar-refractivity contribution in [3.8, 4) is 11.1 Å². The van der Waals surface area contributed by atoms with Gasteiger partial charge in [0.1, 0.15) is 0 Å². The minimum Gasteiger partial charge on any atom is -0.449 e. The maximum absolute atomic E-state index is 12.8. The van der Waals surface area contributed by atoms with Gasteiger partial charge in [-0.05, 0) is 49.1 Å². The summed E-state index contributed by atoms with van der Waals surface area (Å²) >= 11 is 0. The molecule has 0 spiro atoms. The molecule has 2 aromatic rings. The van der Waals surface area contributed by atoms with Gasteiger partial charge in [0.2, 0.25) is 0 Å². The number of nitrogens with one attached hydrogen (secondary N) is 1. The molecular weight excluding hydrogens is 383 g/mol. The second kappa shape index (κ2) is 8.68. The van der Waals surface area contributed by atoms with Crippen LogP contribution in [0, 0.1) is 0 Å². The van der Waals surface area contributed by atoms with E-state index < -0.39 is 23.8 Å². The first-order chi connectivity index (χ1) is 13.8. The fourth-order valence-corrected chi connectivity index (χ4v) is 3.42. The molecule has 0 aromatic heterocycles. The van der Waals surface area contributed by atoms with Gasteiger partial charge in [-0.1, -0.05) is 43.2 Å². The van der Waals surface area contributed by atoms with Crippen LogP contribution in [0.2, 0.25) is 0 Å². The summed E-state index contributed by atoms with van der Waals surface area (Å²) < 4.78 is 43.7. The van der Waals surface area contributed by atoms with Crippen LogP contribution >= 0.6 is 0 Å². The summed E-state index contributed by atoms with van der Waals surface area (Å²) in [7, 11) is 0. The minimum absolute atomic E-state index is 0.114. The number of esters is 1. The molecule has 1 saturated carbocycles. The molecule has 29 heavy (non-hydrogen) atoms. The van der Waals surface area contributed by atoms with E-state index in [0.29, 0.717) is 11.1 Å². The van der Waals surface area contributed by atoms with E-state index in [1.165, 1.54) is 25.1 Å². The van der Waals surface area contributed by atoms with E-state index in [9.17, 15) is 22.8 Å². The van der Waals surface area contributed by atoms with Crippen molar-refractivity contribution in [2.45, 2.75) is 50.9 Å². The maximum Gasteiger partial charge on any atom is 0.416 e. The summed E-state index contributed by atoms with van der Waals surface area (Å²) in [5, 5.41) is 2.88. The summed E-state index contributed by atoms with van der Waals surface area (Å²) in [6.07, 6.45) is -1.42. The number of halogens is 3. The van der Waals surface area contributed by atoms with Crippen LogP contribution in [0.15, 0.2) is 48.5 Å². The first kappa shape index (κ1) is 20.9. The van der Waals surface area contributed by atoms with Gasteiger partial charge in [0.15, 0.2) is 6.10 Å². The van der Waals surface area contributed by atoms with Gasteiger partial charge in [0.25, 0.3) is 5.91 Å². The van der Waals surface area contributed by atoms with Crippen molar-refractivity contribution >= 4 is 11.9 Å². The Kier molecular flexibility index (Phi) is 6.25. The van der Waals surface area contributed by atoms with Gasteiger partial charge in [-0.25, -0.2) is 4.79 Å². The SMILES string of the molecule is C[C@H](OC(=O)c1ccccc1-c1ccc(C(F)(F)F)cc1)C(=O)NC1CCCC1. The fourth-order valence-electron chi connectivity index (χ4n) is 3.42. The monoisotopic (exact) mass is 405 g/mol. The lowest BCUT2D eigenvalue weighted by atomic mass is 9.98. The molecule has 1 amide bonds. The Morgan fingerprint density at radius 3 is 2.28 bits per heavy atom. The molecule has 0 heterocycles. The minimum atomic E-state index is -4.43. The summed E-state index contributed by atoms with van der Waals surface area (Å²) in [6.45, 7) is 1.50. The predicted octanol–water partition coefficient (Wildman–Crippen LogP) is 4.98. The largest absolute Gasteiger partial charge is 0.449 e. The van der Waals surface area contributed by atoms with E-state index in [4.69, 9.17) is 4.74 Å². The number of hydrogen-bond acceptors (Lipinski definition) is 3. The molecule has 0 radical (unpaired) electrons. The number of carbonyl (C=O) groups excluding carboxylic acids is 2. The molecule has 154 valence electrons. The Bertz CT molecular complexity index is 872. The fraction of sp³-hybridized carbons (Fsp3) is 0.364. The van der Waals surface area contributed by atoms with Crippen LogP contribution in [0.4, 0.5) is 13.2 Å². The Hall–Kier alpha value is -2.83. The Labute approximate surface area is 167 Å². The van der Waals surface area contributed by atoms with Gasteiger partial charge in [0, 0.05) is 6.04 Å². The third-order valence-corrected chi connectivity index (χ3v) is 5.02. The molecule has 4 nitrogen and oxygen atoms in total. The van der Waals surface area contributed by atoms with Crippen molar-refractivity contribution in [3.05, 3.63) is 59.7 Å². The molecule has 7 heteroatoms. The van der Waals surface area contributed by atoms with Crippen molar-refractivity contribution in [3.63, 3.8) is 0 Å². The summed E-state index contributed by atoms with van der Waals surface area (Å²) in [4.78, 5) is 24.9. The molecule has 1 aliphatic carbocycles. The molecule has 1 aliphatic rings. The third-order valence-electron chi connectivity index (χ3n) is 5.02. The number of rotatable bonds is 5. The van der Waals surface area contributed by atoms with Crippen LogP contribution in [0.5, 0.6) is 0 Å². The van der Waals surface area contributed by atoms with Crippen LogP contribution in [-0.4, -0.2) is 24.0 Å². The molecule has 1 atom stereocenters. The van der Waals surface area contributed by atoms with Crippen LogP contribution in [0.3, 0.4) is 0 Å². The lowest BCUT2D eigenvalue weighted by Gasteiger charge is -2.18. The quantitative estimate of drug-likeness (QED) is 0.714. The first-order valence-electron chi connectivity index (χ1n) is 9.53. The van der Waals surface area contributed by atoms with Crippen LogP contribution in [0.1, 0.15) is 48.5 Å². The second-order valence-corrected chi connectivity index (χ2v) is 7.16. The molecule has 1 N–H and O–H groups in total. The predicted molar refractivity (Wildman–Crippen MR) is 102 cm³/mol. The van der Waals surface area contributed by atoms with Crippen LogP contribution in [-0.2, 0) is 15.7 Å². The highest BCUT2D eigenvalue weighted by Crippen LogP contribution is 2.32. The Morgan fingerprint density at radius 2 is 1.66 bits per heavy atom. The van der Waals surface area contributed by atoms with Crippen LogP contribution in [0.25, 0.3) is 11.1 Å². The summed E-state index contributed by atoms with van der Waals surface area (Å²) in [5.41, 5.74) is 0.314. The average Bonchev–Trinajstić information content (AvgIpc) is 3.20. The summed E-state index contributed by atoms with van der Waals surface area (Å²) in [6, 6.07) is 11.1. The molecular formula is C22H22F3NO3. The highest BCUT2D eigenvalue weighted by molar-refractivity contribution is 5.98. The van der Waals surface area contributed by atoms with E-state index in [1.807, 2.05) is 0 Å². The number of ether oxygens (including phenoxy) is 1. The van der Waals surface area contributed by atoms with E-state index >= 15 is 0 Å². The van der Waals surface area contributed by atoms with E-state index in [-0.39, 0.29) is 17.5 Å². The van der Waals surface area contributed by atoms with Gasteiger partial charge in [-0.3, -0.25) is 4.79 Å². The lowest BCUT2D eigenvalue weighted by Crippen LogP contribution is -2.40. The van der Waals surface area contributed by atoms with E-state index in [0.717, 1.165) is 37.8 Å². The average molecular weight is 405 g/mol. The second-order valence-electron chi connectivity index (χ2n) is 7.16. The molecule has 0 saturated heterocycles. The van der Waals surface area contributed by atoms with Crippen molar-refractivity contribution < 1.29 is 27.5 Å². The summed E-state index contributed by atoms with van der Waals surface area (Å²) in [5.74, 6) is -1.05. The van der Waals surface area contributed by atoms with Gasteiger partial charge in [-0.15, -0.1) is 0 Å². The smallest absolute Gasteiger partial charge is 0.416 e. The normalized spacial score (nSPS) is 15.7. The van der Waals surface area contributed by atoms with Gasteiger partial charge in [-0.2, -0.15) is 13.2 Å². The van der Waals surface area contributed by atoms with E-state index in [1.54, 1.807) is 18.2 Å². The zero-order valence-corrected chi connectivity index (χ0v) is 16.0. The number of alkyl halides is 3. The van der Waals surface area contributed by atoms with Crippen molar-refractivity contribution in [2.24, 2.45) is 0 Å². The molecule has 0 aliphatic heterocycles. The number of amides is 1. The zero-order chi connectivity index (χ0) is 21.0. The molecule has 0 bridgehead atoms. The lowest BCUT2D eigenvalue weighted by molar-refractivity contribution is -0.137. The molecule has 2 aromatic carbocycles. The van der Waals surface area contributed by atoms with Gasteiger partial charge in [0.05, 0.1) is 11.1 Å². The molecule has 1 fully saturated rings. The Morgan fingerprint density at radius 1 is 1.03 bits per heavy atom. The maximum atomic E-state index is 12.8. The highest BCUT2D eigenvalue weighted by Gasteiger charge is 2.30. The van der Waals surface area contributed by atoms with Gasteiger partial charge < -0.3 is 10.1 Å². The van der Waals surface area contributed by atoms with Crippen molar-refractivity contribution in [2.75, 3.05) is 0 Å². The van der Waals surface area contributed by atoms with Crippen LogP contribution < -0.4 is 5.32 Å². The molecule has 3 rings (SSSR count). The topological polar surface area (TPSA) is 55.4 Å². The van der Waals surface area contributed by atoms with E-state index in [2.05, 4.69) is 5.32 Å². The standard InChI is InChI=1S/C22H22F3NO3/c1-14(20(27)26-17-6-2-3-7-17)29-21(28)19-9-5-4-8-18(19)15-10-12-16(13-11-15)22(23,24)25/h4-5,8-14,17H,2-3,6-7H2,1H3,(H,26,27)/t14-/m0/s1. The highest BCUT2D eigenvalue weighted by atomic mass is 19.4.